The van der Waals surface area contributed by atoms with Crippen molar-refractivity contribution < 1.29 is 14.6 Å². The first-order valence-electron chi connectivity index (χ1n) is 4.66. The number of benzene rings is 1. The van der Waals surface area contributed by atoms with E-state index in [0.717, 1.165) is 0 Å². The van der Waals surface area contributed by atoms with E-state index in [9.17, 15) is 9.90 Å². The molecule has 0 amide bonds. The van der Waals surface area contributed by atoms with Crippen molar-refractivity contribution in [1.82, 2.24) is 0 Å². The molecule has 0 aromatic heterocycles. The van der Waals surface area contributed by atoms with Crippen LogP contribution >= 0.6 is 0 Å². The van der Waals surface area contributed by atoms with Gasteiger partial charge < -0.3 is 9.84 Å². The van der Waals surface area contributed by atoms with Crippen molar-refractivity contribution in [3.63, 3.8) is 0 Å². The average Bonchev–Trinajstić information content (AvgIpc) is 2.42. The quantitative estimate of drug-likeness (QED) is 0.643. The highest BCUT2D eigenvalue weighted by atomic mass is 16.7. The first-order valence-corrected chi connectivity index (χ1v) is 4.66. The van der Waals surface area contributed by atoms with Gasteiger partial charge in [0.1, 0.15) is 0 Å². The molecule has 1 aliphatic heterocycles. The molecule has 0 spiro atoms. The zero-order valence-electron chi connectivity index (χ0n) is 8.57. The Hall–Kier alpha value is -1.35. The van der Waals surface area contributed by atoms with Crippen molar-refractivity contribution in [1.29, 1.82) is 0 Å². The minimum absolute atomic E-state index is 0.447. The normalized spacial score (nSPS) is 23.3. The van der Waals surface area contributed by atoms with Gasteiger partial charge in [-0.25, -0.2) is 4.79 Å². The molecule has 3 heteroatoms. The summed E-state index contributed by atoms with van der Waals surface area (Å²) in [6, 6.07) is 6.82. The molecule has 0 bridgehead atoms. The molecule has 1 atom stereocenters. The SMILES string of the molecule is CC.CC1(O)OC(=O)c2ccccc21. The van der Waals surface area contributed by atoms with Crippen LogP contribution in [0, 0.1) is 0 Å². The van der Waals surface area contributed by atoms with Gasteiger partial charge in [0.15, 0.2) is 0 Å². The van der Waals surface area contributed by atoms with Crippen LogP contribution in [0.2, 0.25) is 0 Å². The molecule has 0 fully saturated rings. The average molecular weight is 194 g/mol. The van der Waals surface area contributed by atoms with E-state index in [4.69, 9.17) is 4.74 Å². The predicted molar refractivity (Wildman–Crippen MR) is 52.8 cm³/mol. The molecule has 14 heavy (non-hydrogen) atoms. The van der Waals surface area contributed by atoms with Gasteiger partial charge in [-0.15, -0.1) is 0 Å². The lowest BCUT2D eigenvalue weighted by Crippen LogP contribution is -2.20. The van der Waals surface area contributed by atoms with Crippen LogP contribution in [0.25, 0.3) is 0 Å². The number of hydrogen-bond acceptors (Lipinski definition) is 3. The smallest absolute Gasteiger partial charge is 0.341 e. The van der Waals surface area contributed by atoms with Crippen LogP contribution in [0.5, 0.6) is 0 Å². The lowest BCUT2D eigenvalue weighted by Gasteiger charge is -2.15. The molecule has 1 aromatic rings. The maximum Gasteiger partial charge on any atom is 0.341 e. The monoisotopic (exact) mass is 194 g/mol. The van der Waals surface area contributed by atoms with Crippen molar-refractivity contribution in [3.8, 4) is 0 Å². The fraction of sp³-hybridized carbons (Fsp3) is 0.364. The summed E-state index contributed by atoms with van der Waals surface area (Å²) in [6.45, 7) is 5.46. The van der Waals surface area contributed by atoms with Gasteiger partial charge in [-0.2, -0.15) is 0 Å². The zero-order valence-corrected chi connectivity index (χ0v) is 8.57. The van der Waals surface area contributed by atoms with Gasteiger partial charge in [-0.3, -0.25) is 0 Å². The Balaban J connectivity index is 0.000000461. The number of carbonyl (C=O) groups excluding carboxylic acids is 1. The van der Waals surface area contributed by atoms with E-state index in [1.165, 1.54) is 6.92 Å². The lowest BCUT2D eigenvalue weighted by atomic mass is 10.0. The Labute approximate surface area is 83.3 Å². The highest BCUT2D eigenvalue weighted by Crippen LogP contribution is 2.33. The summed E-state index contributed by atoms with van der Waals surface area (Å²) in [7, 11) is 0. The van der Waals surface area contributed by atoms with E-state index in [-0.39, 0.29) is 0 Å². The van der Waals surface area contributed by atoms with Crippen molar-refractivity contribution in [2.75, 3.05) is 0 Å². The number of cyclic esters (lactones) is 1. The summed E-state index contributed by atoms with van der Waals surface area (Å²) >= 11 is 0. The van der Waals surface area contributed by atoms with Crippen LogP contribution in [-0.2, 0) is 10.5 Å². The van der Waals surface area contributed by atoms with Gasteiger partial charge in [-0.05, 0) is 6.07 Å². The van der Waals surface area contributed by atoms with Crippen molar-refractivity contribution in [2.45, 2.75) is 26.6 Å². The van der Waals surface area contributed by atoms with E-state index < -0.39 is 11.8 Å². The van der Waals surface area contributed by atoms with Gasteiger partial charge in [0.05, 0.1) is 5.56 Å². The van der Waals surface area contributed by atoms with E-state index in [2.05, 4.69) is 0 Å². The number of ether oxygens (including phenoxy) is 1. The van der Waals surface area contributed by atoms with Crippen molar-refractivity contribution in [2.24, 2.45) is 0 Å². The second-order valence-electron chi connectivity index (χ2n) is 2.92. The number of fused-ring (bicyclic) bond motifs is 1. The minimum atomic E-state index is -1.45. The Morgan fingerprint density at radius 2 is 1.86 bits per heavy atom. The Morgan fingerprint density at radius 1 is 1.29 bits per heavy atom. The molecule has 76 valence electrons. The molecular weight excluding hydrogens is 180 g/mol. The predicted octanol–water partition coefficient (Wildman–Crippen LogP) is 2.05. The van der Waals surface area contributed by atoms with E-state index in [1.54, 1.807) is 24.3 Å². The molecular formula is C11H14O3. The fourth-order valence-electron chi connectivity index (χ4n) is 1.36. The summed E-state index contributed by atoms with van der Waals surface area (Å²) < 4.78 is 4.74. The Bertz CT molecular complexity index is 342. The molecule has 2 rings (SSSR count). The van der Waals surface area contributed by atoms with Gasteiger partial charge in [0.2, 0.25) is 5.79 Å². The van der Waals surface area contributed by atoms with E-state index >= 15 is 0 Å². The number of hydrogen-bond donors (Lipinski definition) is 1. The molecule has 1 aliphatic rings. The third-order valence-electron chi connectivity index (χ3n) is 1.94. The van der Waals surface area contributed by atoms with Crippen LogP contribution in [0.3, 0.4) is 0 Å². The highest BCUT2D eigenvalue weighted by Gasteiger charge is 2.39. The van der Waals surface area contributed by atoms with Crippen LogP contribution in [-0.4, -0.2) is 11.1 Å². The maximum atomic E-state index is 11.1. The molecule has 1 heterocycles. The molecule has 0 saturated carbocycles. The fourth-order valence-corrected chi connectivity index (χ4v) is 1.36. The molecule has 3 nitrogen and oxygen atoms in total. The number of carbonyl (C=O) groups is 1. The van der Waals surface area contributed by atoms with Gasteiger partial charge in [-0.1, -0.05) is 32.0 Å². The zero-order chi connectivity index (χ0) is 10.8. The molecule has 0 aliphatic carbocycles. The standard InChI is InChI=1S/C9H8O3.C2H6/c1-9(11)7-5-3-2-4-6(7)8(10)12-9;1-2/h2-5,11H,1H3;1-2H3. The summed E-state index contributed by atoms with van der Waals surface area (Å²) in [5, 5.41) is 9.57. The Kier molecular flexibility index (Phi) is 2.91. The largest absolute Gasteiger partial charge is 0.425 e. The van der Waals surface area contributed by atoms with Crippen LogP contribution < -0.4 is 0 Å². The molecule has 1 aromatic carbocycles. The van der Waals surface area contributed by atoms with Crippen LogP contribution in [0.4, 0.5) is 0 Å². The number of esters is 1. The number of rotatable bonds is 0. The van der Waals surface area contributed by atoms with Gasteiger partial charge in [0.25, 0.3) is 0 Å². The first-order chi connectivity index (χ1) is 6.61. The van der Waals surface area contributed by atoms with Crippen molar-refractivity contribution in [3.05, 3.63) is 35.4 Å². The summed E-state index contributed by atoms with van der Waals surface area (Å²) in [6.07, 6.45) is 0. The van der Waals surface area contributed by atoms with Crippen molar-refractivity contribution >= 4 is 5.97 Å². The maximum absolute atomic E-state index is 11.1. The Morgan fingerprint density at radius 3 is 2.43 bits per heavy atom. The molecule has 0 radical (unpaired) electrons. The number of aliphatic hydroxyl groups is 1. The van der Waals surface area contributed by atoms with Gasteiger partial charge in [0, 0.05) is 12.5 Å². The molecule has 1 unspecified atom stereocenters. The second-order valence-corrected chi connectivity index (χ2v) is 2.92. The third kappa shape index (κ3) is 1.63. The van der Waals surface area contributed by atoms with Crippen LogP contribution in [0.15, 0.2) is 24.3 Å². The highest BCUT2D eigenvalue weighted by molar-refractivity contribution is 5.94. The van der Waals surface area contributed by atoms with E-state index in [0.29, 0.717) is 11.1 Å². The van der Waals surface area contributed by atoms with Gasteiger partial charge >= 0.3 is 5.97 Å². The minimum Gasteiger partial charge on any atom is -0.425 e. The van der Waals surface area contributed by atoms with Crippen LogP contribution in [0.1, 0.15) is 36.7 Å². The first kappa shape index (κ1) is 10.7. The van der Waals surface area contributed by atoms with E-state index in [1.807, 2.05) is 13.8 Å². The topological polar surface area (TPSA) is 46.5 Å². The summed E-state index contributed by atoms with van der Waals surface area (Å²) in [5.41, 5.74) is 0.984. The summed E-state index contributed by atoms with van der Waals surface area (Å²) in [4.78, 5) is 11.1. The summed E-state index contributed by atoms with van der Waals surface area (Å²) in [5.74, 6) is -1.91. The lowest BCUT2D eigenvalue weighted by molar-refractivity contribution is -0.147. The molecule has 1 N–H and O–H groups in total. The third-order valence-corrected chi connectivity index (χ3v) is 1.94. The molecule has 0 saturated heterocycles. The second kappa shape index (κ2) is 3.80.